The molecule has 1 saturated heterocycles. The van der Waals surface area contributed by atoms with E-state index in [0.717, 1.165) is 5.69 Å². The van der Waals surface area contributed by atoms with Crippen molar-refractivity contribution in [1.29, 1.82) is 0 Å². The fourth-order valence-corrected chi connectivity index (χ4v) is 2.61. The minimum absolute atomic E-state index is 0.301. The largest absolute Gasteiger partial charge is 0.480 e. The van der Waals surface area contributed by atoms with Crippen molar-refractivity contribution in [3.63, 3.8) is 0 Å². The van der Waals surface area contributed by atoms with Crippen molar-refractivity contribution in [3.8, 4) is 0 Å². The second-order valence-corrected chi connectivity index (χ2v) is 5.65. The number of aliphatic carboxylic acids is 1. The highest BCUT2D eigenvalue weighted by molar-refractivity contribution is 5.92. The van der Waals surface area contributed by atoms with E-state index in [9.17, 15) is 14.4 Å². The number of aromatic amines is 1. The first kappa shape index (κ1) is 16.9. The molecule has 1 aliphatic heterocycles. The zero-order chi connectivity index (χ0) is 17.0. The van der Waals surface area contributed by atoms with Gasteiger partial charge in [0.1, 0.15) is 12.1 Å². The van der Waals surface area contributed by atoms with E-state index in [0.29, 0.717) is 25.8 Å². The van der Waals surface area contributed by atoms with Crippen molar-refractivity contribution < 1.29 is 19.5 Å². The maximum Gasteiger partial charge on any atom is 0.325 e. The third-order valence-electron chi connectivity index (χ3n) is 3.88. The Morgan fingerprint density at radius 1 is 1.57 bits per heavy atom. The highest BCUT2D eigenvalue weighted by Gasteiger charge is 2.37. The van der Waals surface area contributed by atoms with Gasteiger partial charge in [-0.3, -0.25) is 14.4 Å². The minimum Gasteiger partial charge on any atom is -0.480 e. The van der Waals surface area contributed by atoms with Crippen molar-refractivity contribution in [2.75, 3.05) is 6.54 Å². The number of carboxylic acids is 1. The number of likely N-dealkylation sites (tertiary alicyclic amines) is 1. The molecule has 5 N–H and O–H groups in total. The molecule has 126 valence electrons. The summed E-state index contributed by atoms with van der Waals surface area (Å²) in [4.78, 5) is 43.7. The lowest BCUT2D eigenvalue weighted by molar-refractivity contribution is -0.143. The maximum atomic E-state index is 12.5. The molecule has 1 fully saturated rings. The van der Waals surface area contributed by atoms with Gasteiger partial charge in [-0.25, -0.2) is 4.98 Å². The van der Waals surface area contributed by atoms with Gasteiger partial charge in [0.05, 0.1) is 12.4 Å². The minimum atomic E-state index is -1.12. The standard InChI is InChI=1S/C14H21N5O4/c1-8(14(22)23)18-12(20)11-3-2-4-19(11)13(21)10(15)5-9-6-16-7-17-9/h6-8,10-11H,2-5,15H2,1H3,(H,16,17)(H,18,20)(H,22,23). The molecule has 0 bridgehead atoms. The Labute approximate surface area is 133 Å². The van der Waals surface area contributed by atoms with Crippen LogP contribution in [0, 0.1) is 0 Å². The highest BCUT2D eigenvalue weighted by Crippen LogP contribution is 2.19. The first-order chi connectivity index (χ1) is 10.9. The number of rotatable bonds is 6. The molecule has 2 heterocycles. The van der Waals surface area contributed by atoms with Crippen molar-refractivity contribution in [2.45, 2.75) is 44.3 Å². The van der Waals surface area contributed by atoms with Crippen molar-refractivity contribution in [3.05, 3.63) is 18.2 Å². The average molecular weight is 323 g/mol. The summed E-state index contributed by atoms with van der Waals surface area (Å²) in [7, 11) is 0. The van der Waals surface area contributed by atoms with Gasteiger partial charge in [-0.2, -0.15) is 0 Å². The van der Waals surface area contributed by atoms with Gasteiger partial charge < -0.3 is 26.0 Å². The number of aromatic nitrogens is 2. The molecule has 23 heavy (non-hydrogen) atoms. The summed E-state index contributed by atoms with van der Waals surface area (Å²) in [6, 6.07) is -2.45. The molecule has 0 saturated carbocycles. The van der Waals surface area contributed by atoms with Crippen LogP contribution in [-0.2, 0) is 20.8 Å². The molecular weight excluding hydrogens is 302 g/mol. The zero-order valence-corrected chi connectivity index (χ0v) is 12.9. The van der Waals surface area contributed by atoms with Gasteiger partial charge in [0.25, 0.3) is 0 Å². The number of hydrogen-bond donors (Lipinski definition) is 4. The van der Waals surface area contributed by atoms with E-state index in [1.165, 1.54) is 18.2 Å². The molecule has 1 aromatic heterocycles. The molecule has 3 atom stereocenters. The van der Waals surface area contributed by atoms with Crippen LogP contribution < -0.4 is 11.1 Å². The third-order valence-corrected chi connectivity index (χ3v) is 3.88. The van der Waals surface area contributed by atoms with E-state index >= 15 is 0 Å². The Bertz CT molecular complexity index is 574. The quantitative estimate of drug-likeness (QED) is 0.521. The molecule has 0 aromatic carbocycles. The van der Waals surface area contributed by atoms with Crippen LogP contribution in [-0.4, -0.2) is 62.4 Å². The van der Waals surface area contributed by atoms with Crippen molar-refractivity contribution in [2.24, 2.45) is 5.73 Å². The number of carboxylic acid groups (broad SMARTS) is 1. The fraction of sp³-hybridized carbons (Fsp3) is 0.571. The van der Waals surface area contributed by atoms with Crippen LogP contribution in [0.15, 0.2) is 12.5 Å². The smallest absolute Gasteiger partial charge is 0.325 e. The first-order valence-electron chi connectivity index (χ1n) is 7.46. The number of carbonyl (C=O) groups is 3. The summed E-state index contributed by atoms with van der Waals surface area (Å²) < 4.78 is 0. The number of nitrogens with one attached hydrogen (secondary N) is 2. The molecule has 3 unspecified atom stereocenters. The van der Waals surface area contributed by atoms with Crippen LogP contribution >= 0.6 is 0 Å². The number of nitrogens with two attached hydrogens (primary N) is 1. The lowest BCUT2D eigenvalue weighted by Crippen LogP contribution is -2.53. The molecule has 0 spiro atoms. The summed E-state index contributed by atoms with van der Waals surface area (Å²) in [6.45, 7) is 1.82. The second-order valence-electron chi connectivity index (χ2n) is 5.65. The van der Waals surface area contributed by atoms with Gasteiger partial charge in [-0.1, -0.05) is 0 Å². The van der Waals surface area contributed by atoms with E-state index in [2.05, 4.69) is 15.3 Å². The number of hydrogen-bond acceptors (Lipinski definition) is 5. The maximum absolute atomic E-state index is 12.5. The third kappa shape index (κ3) is 4.07. The highest BCUT2D eigenvalue weighted by atomic mass is 16.4. The van der Waals surface area contributed by atoms with Crippen LogP contribution in [0.25, 0.3) is 0 Å². The van der Waals surface area contributed by atoms with E-state index in [1.54, 1.807) is 6.20 Å². The Kier molecular flexibility index (Phi) is 5.32. The Morgan fingerprint density at radius 3 is 2.91 bits per heavy atom. The van der Waals surface area contributed by atoms with Gasteiger partial charge in [-0.15, -0.1) is 0 Å². The van der Waals surface area contributed by atoms with E-state index < -0.39 is 30.0 Å². The molecule has 9 nitrogen and oxygen atoms in total. The van der Waals surface area contributed by atoms with E-state index in [4.69, 9.17) is 10.8 Å². The predicted molar refractivity (Wildman–Crippen MR) is 80.2 cm³/mol. The number of H-pyrrole nitrogens is 1. The molecule has 9 heteroatoms. The van der Waals surface area contributed by atoms with Crippen molar-refractivity contribution >= 4 is 17.8 Å². The molecule has 2 amide bonds. The summed E-state index contributed by atoms with van der Waals surface area (Å²) in [5.41, 5.74) is 6.68. The second kappa shape index (κ2) is 7.23. The molecule has 0 aliphatic carbocycles. The number of nitrogens with zero attached hydrogens (tertiary/aromatic N) is 2. The predicted octanol–water partition coefficient (Wildman–Crippen LogP) is -1.14. The van der Waals surface area contributed by atoms with Gasteiger partial charge >= 0.3 is 5.97 Å². The van der Waals surface area contributed by atoms with Crippen LogP contribution in [0.3, 0.4) is 0 Å². The lowest BCUT2D eigenvalue weighted by atomic mass is 10.1. The lowest BCUT2D eigenvalue weighted by Gasteiger charge is -2.27. The van der Waals surface area contributed by atoms with Gasteiger partial charge in [0.2, 0.25) is 11.8 Å². The van der Waals surface area contributed by atoms with Crippen LogP contribution in [0.2, 0.25) is 0 Å². The Hall–Kier alpha value is -2.42. The molecule has 0 radical (unpaired) electrons. The molecular formula is C14H21N5O4. The number of imidazole rings is 1. The Balaban J connectivity index is 1.98. The van der Waals surface area contributed by atoms with Crippen LogP contribution in [0.1, 0.15) is 25.5 Å². The molecule has 1 aliphatic rings. The average Bonchev–Trinajstić information content (AvgIpc) is 3.17. The van der Waals surface area contributed by atoms with Crippen LogP contribution in [0.5, 0.6) is 0 Å². The zero-order valence-electron chi connectivity index (χ0n) is 12.9. The molecule has 2 rings (SSSR count). The number of amides is 2. The topological polar surface area (TPSA) is 141 Å². The van der Waals surface area contributed by atoms with Crippen molar-refractivity contribution in [1.82, 2.24) is 20.2 Å². The summed E-state index contributed by atoms with van der Waals surface area (Å²) >= 11 is 0. The summed E-state index contributed by atoms with van der Waals surface area (Å²) in [5, 5.41) is 11.3. The first-order valence-corrected chi connectivity index (χ1v) is 7.46. The molecule has 1 aromatic rings. The van der Waals surface area contributed by atoms with Gasteiger partial charge in [0, 0.05) is 24.9 Å². The normalized spacial score (nSPS) is 20.1. The van der Waals surface area contributed by atoms with Gasteiger partial charge in [0.15, 0.2) is 0 Å². The number of carbonyl (C=O) groups excluding carboxylic acids is 2. The van der Waals surface area contributed by atoms with Gasteiger partial charge in [-0.05, 0) is 19.8 Å². The van der Waals surface area contributed by atoms with Crippen LogP contribution in [0.4, 0.5) is 0 Å². The SMILES string of the molecule is CC(NC(=O)C1CCCN1C(=O)C(N)Cc1cnc[nH]1)C(=O)O. The summed E-state index contributed by atoms with van der Waals surface area (Å²) in [5.74, 6) is -1.90. The fourth-order valence-electron chi connectivity index (χ4n) is 2.61. The monoisotopic (exact) mass is 323 g/mol. The van der Waals surface area contributed by atoms with E-state index in [-0.39, 0.29) is 5.91 Å². The summed E-state index contributed by atoms with van der Waals surface area (Å²) in [6.07, 6.45) is 4.58. The Morgan fingerprint density at radius 2 is 2.30 bits per heavy atom. The van der Waals surface area contributed by atoms with E-state index in [1.807, 2.05) is 0 Å².